The molecule has 1 fully saturated rings. The Morgan fingerprint density at radius 3 is 2.63 bits per heavy atom. The highest BCUT2D eigenvalue weighted by atomic mass is 127. The first-order valence-electron chi connectivity index (χ1n) is 9.60. The molecule has 0 radical (unpaired) electrons. The molecular formula is C20H27F3IN5S. The van der Waals surface area contributed by atoms with Crippen LogP contribution in [0.25, 0.3) is 0 Å². The summed E-state index contributed by atoms with van der Waals surface area (Å²) in [5, 5.41) is 7.86. The number of nitrogens with one attached hydrogen (secondary N) is 2. The van der Waals surface area contributed by atoms with Crippen LogP contribution in [-0.2, 0) is 19.1 Å². The molecule has 1 aromatic heterocycles. The van der Waals surface area contributed by atoms with Crippen molar-refractivity contribution >= 4 is 41.3 Å². The van der Waals surface area contributed by atoms with Crippen LogP contribution < -0.4 is 10.6 Å². The van der Waals surface area contributed by atoms with E-state index in [1.165, 1.54) is 4.88 Å². The number of aromatic nitrogens is 1. The van der Waals surface area contributed by atoms with Crippen LogP contribution in [-0.4, -0.2) is 48.6 Å². The maximum Gasteiger partial charge on any atom is 0.416 e. The van der Waals surface area contributed by atoms with Gasteiger partial charge < -0.3 is 10.6 Å². The molecule has 1 aromatic carbocycles. The lowest BCUT2D eigenvalue weighted by Gasteiger charge is -2.19. The fourth-order valence-electron chi connectivity index (χ4n) is 3.34. The smallest absolute Gasteiger partial charge is 0.356 e. The lowest BCUT2D eigenvalue weighted by Crippen LogP contribution is -2.45. The third-order valence-corrected chi connectivity index (χ3v) is 5.80. The van der Waals surface area contributed by atoms with Crippen LogP contribution in [0.5, 0.6) is 0 Å². The van der Waals surface area contributed by atoms with Gasteiger partial charge in [0, 0.05) is 56.8 Å². The summed E-state index contributed by atoms with van der Waals surface area (Å²) in [5.41, 5.74) is 0.282. The lowest BCUT2D eigenvalue weighted by molar-refractivity contribution is -0.137. The number of rotatable bonds is 6. The first kappa shape index (κ1) is 24.9. The molecule has 0 amide bonds. The molecular weight excluding hydrogens is 526 g/mol. The molecule has 2 aromatic rings. The van der Waals surface area contributed by atoms with Crippen molar-refractivity contribution in [1.82, 2.24) is 20.5 Å². The van der Waals surface area contributed by atoms with Gasteiger partial charge in [-0.1, -0.05) is 12.1 Å². The highest BCUT2D eigenvalue weighted by molar-refractivity contribution is 14.0. The minimum Gasteiger partial charge on any atom is -0.356 e. The zero-order valence-electron chi connectivity index (χ0n) is 17.0. The number of guanidine groups is 1. The third kappa shape index (κ3) is 7.38. The molecule has 0 spiro atoms. The number of nitrogens with zero attached hydrogens (tertiary/aromatic N) is 3. The van der Waals surface area contributed by atoms with Gasteiger partial charge in [-0.25, -0.2) is 4.98 Å². The van der Waals surface area contributed by atoms with Crippen LogP contribution in [0.3, 0.4) is 0 Å². The van der Waals surface area contributed by atoms with Crippen LogP contribution in [0, 0.1) is 6.92 Å². The van der Waals surface area contributed by atoms with E-state index in [0.717, 1.165) is 61.1 Å². The Morgan fingerprint density at radius 1 is 1.30 bits per heavy atom. The van der Waals surface area contributed by atoms with Gasteiger partial charge in [-0.3, -0.25) is 9.89 Å². The number of aliphatic imine (C=N–C) groups is 1. The van der Waals surface area contributed by atoms with Crippen molar-refractivity contribution in [3.8, 4) is 0 Å². The van der Waals surface area contributed by atoms with Crippen LogP contribution in [0.1, 0.15) is 27.4 Å². The van der Waals surface area contributed by atoms with E-state index < -0.39 is 11.7 Å². The van der Waals surface area contributed by atoms with E-state index >= 15 is 0 Å². The fourth-order valence-corrected chi connectivity index (χ4v) is 4.13. The Balaban J connectivity index is 0.00000320. The van der Waals surface area contributed by atoms with Crippen molar-refractivity contribution < 1.29 is 13.2 Å². The van der Waals surface area contributed by atoms with E-state index in [-0.39, 0.29) is 30.0 Å². The Labute approximate surface area is 196 Å². The second-order valence-electron chi connectivity index (χ2n) is 7.17. The normalized spacial score (nSPS) is 17.6. The molecule has 10 heteroatoms. The van der Waals surface area contributed by atoms with E-state index in [1.54, 1.807) is 30.5 Å². The Bertz CT molecular complexity index is 823. The second-order valence-corrected chi connectivity index (χ2v) is 8.49. The number of halogens is 4. The molecule has 5 nitrogen and oxygen atoms in total. The fraction of sp³-hybridized carbons (Fsp3) is 0.500. The summed E-state index contributed by atoms with van der Waals surface area (Å²) >= 11 is 1.70. The van der Waals surface area contributed by atoms with E-state index in [4.69, 9.17) is 0 Å². The predicted octanol–water partition coefficient (Wildman–Crippen LogP) is 4.07. The van der Waals surface area contributed by atoms with Crippen molar-refractivity contribution in [1.29, 1.82) is 0 Å². The van der Waals surface area contributed by atoms with Crippen LogP contribution in [0.15, 0.2) is 35.5 Å². The largest absolute Gasteiger partial charge is 0.416 e. The highest BCUT2D eigenvalue weighted by Crippen LogP contribution is 2.29. The molecule has 2 heterocycles. The quantitative estimate of drug-likeness (QED) is 0.322. The van der Waals surface area contributed by atoms with Crippen LogP contribution in [0.4, 0.5) is 13.2 Å². The van der Waals surface area contributed by atoms with Crippen molar-refractivity contribution in [3.63, 3.8) is 0 Å². The molecule has 1 aliphatic rings. The molecule has 166 valence electrons. The SMILES string of the molecule is CN=C(NCCc1ncc(C)s1)NC1CCN(Cc2ccc(C(F)(F)F)cc2)C1.I. The first-order chi connectivity index (χ1) is 13.8. The van der Waals surface area contributed by atoms with Crippen LogP contribution in [0.2, 0.25) is 0 Å². The molecule has 0 bridgehead atoms. The molecule has 30 heavy (non-hydrogen) atoms. The van der Waals surface area contributed by atoms with Crippen molar-refractivity contribution in [2.24, 2.45) is 4.99 Å². The van der Waals surface area contributed by atoms with Gasteiger partial charge in [-0.15, -0.1) is 35.3 Å². The van der Waals surface area contributed by atoms with E-state index in [1.807, 2.05) is 13.1 Å². The lowest BCUT2D eigenvalue weighted by atomic mass is 10.1. The van der Waals surface area contributed by atoms with E-state index in [0.29, 0.717) is 6.54 Å². The second kappa shape index (κ2) is 11.3. The number of alkyl halides is 3. The minimum absolute atomic E-state index is 0. The zero-order valence-corrected chi connectivity index (χ0v) is 20.1. The van der Waals surface area contributed by atoms with Gasteiger partial charge in [0.1, 0.15) is 0 Å². The number of likely N-dealkylation sites (tertiary alicyclic amines) is 1. The van der Waals surface area contributed by atoms with Gasteiger partial charge in [0.05, 0.1) is 10.6 Å². The monoisotopic (exact) mass is 553 g/mol. The van der Waals surface area contributed by atoms with Crippen molar-refractivity contribution in [2.75, 3.05) is 26.7 Å². The van der Waals surface area contributed by atoms with Crippen molar-refractivity contribution in [2.45, 2.75) is 38.5 Å². The van der Waals surface area contributed by atoms with Gasteiger partial charge in [0.2, 0.25) is 0 Å². The number of aryl methyl sites for hydroxylation is 1. The summed E-state index contributed by atoms with van der Waals surface area (Å²) in [5.74, 6) is 0.764. The number of hydrogen-bond acceptors (Lipinski definition) is 4. The maximum atomic E-state index is 12.7. The molecule has 3 rings (SSSR count). The molecule has 0 aliphatic carbocycles. The average molecular weight is 553 g/mol. The van der Waals surface area contributed by atoms with Crippen molar-refractivity contribution in [3.05, 3.63) is 51.5 Å². The molecule has 1 unspecified atom stereocenters. The van der Waals surface area contributed by atoms with Crippen LogP contribution >= 0.6 is 35.3 Å². The topological polar surface area (TPSA) is 52.6 Å². The average Bonchev–Trinajstić information content (AvgIpc) is 3.29. The van der Waals surface area contributed by atoms with Gasteiger partial charge in [-0.05, 0) is 31.0 Å². The summed E-state index contributed by atoms with van der Waals surface area (Å²) < 4.78 is 38.0. The molecule has 2 N–H and O–H groups in total. The summed E-state index contributed by atoms with van der Waals surface area (Å²) in [4.78, 5) is 12.1. The summed E-state index contributed by atoms with van der Waals surface area (Å²) in [6, 6.07) is 5.68. The first-order valence-corrected chi connectivity index (χ1v) is 10.4. The molecule has 1 atom stereocenters. The van der Waals surface area contributed by atoms with Gasteiger partial charge in [-0.2, -0.15) is 13.2 Å². The number of hydrogen-bond donors (Lipinski definition) is 2. The molecule has 1 saturated heterocycles. The highest BCUT2D eigenvalue weighted by Gasteiger charge is 2.30. The predicted molar refractivity (Wildman–Crippen MR) is 126 cm³/mol. The third-order valence-electron chi connectivity index (χ3n) is 4.82. The van der Waals surface area contributed by atoms with Gasteiger partial charge in [0.15, 0.2) is 5.96 Å². The standard InChI is InChI=1S/C20H26F3N5S.HI/c1-14-11-26-18(29-14)7-9-25-19(24-2)27-17-8-10-28(13-17)12-15-3-5-16(6-4-15)20(21,22)23;/h3-6,11,17H,7-10,12-13H2,1-2H3,(H2,24,25,27);1H. The summed E-state index contributed by atoms with van der Waals surface area (Å²) in [7, 11) is 1.75. The number of benzene rings is 1. The minimum atomic E-state index is -4.29. The summed E-state index contributed by atoms with van der Waals surface area (Å²) in [6.07, 6.45) is -0.587. The Hall–Kier alpha value is -1.40. The Kier molecular flexibility index (Phi) is 9.35. The van der Waals surface area contributed by atoms with E-state index in [9.17, 15) is 13.2 Å². The summed E-state index contributed by atoms with van der Waals surface area (Å²) in [6.45, 7) is 5.17. The Morgan fingerprint density at radius 2 is 2.03 bits per heavy atom. The molecule has 1 aliphatic heterocycles. The van der Waals surface area contributed by atoms with Gasteiger partial charge in [0.25, 0.3) is 0 Å². The molecule has 0 saturated carbocycles. The zero-order chi connectivity index (χ0) is 20.9. The number of thiazole rings is 1. The van der Waals surface area contributed by atoms with Gasteiger partial charge >= 0.3 is 6.18 Å². The van der Waals surface area contributed by atoms with E-state index in [2.05, 4.69) is 25.5 Å². The maximum absolute atomic E-state index is 12.7.